The molecule has 0 unspecified atom stereocenters. The van der Waals surface area contributed by atoms with Crippen molar-refractivity contribution in [2.75, 3.05) is 13.2 Å². The minimum absolute atomic E-state index is 0.0238. The fourth-order valence-electron chi connectivity index (χ4n) is 1.81. The molecule has 0 spiro atoms. The molecule has 1 aliphatic rings. The van der Waals surface area contributed by atoms with Crippen LogP contribution in [-0.2, 0) is 4.79 Å². The number of hydrogen-bond acceptors (Lipinski definition) is 4. The second-order valence-corrected chi connectivity index (χ2v) is 4.19. The molecule has 1 amide bonds. The van der Waals surface area contributed by atoms with E-state index in [1.165, 1.54) is 0 Å². The molecule has 0 aliphatic heterocycles. The molecule has 0 aromatic carbocycles. The zero-order chi connectivity index (χ0) is 11.3. The van der Waals surface area contributed by atoms with Crippen molar-refractivity contribution in [3.63, 3.8) is 0 Å². The maximum Gasteiger partial charge on any atom is 0.223 e. The molecular formula is C10H20N2O3. The van der Waals surface area contributed by atoms with E-state index in [-0.39, 0.29) is 31.0 Å². The standard InChI is InChI=1S/C10H20N2O3/c11-8-3-1-7(2-4-8)10(15)12-5-9(14)6-13/h7-9,13-14H,1-6,11H2,(H,12,15)/t7-,8-,9-/m1/s1. The summed E-state index contributed by atoms with van der Waals surface area (Å²) >= 11 is 0. The maximum absolute atomic E-state index is 11.6. The van der Waals surface area contributed by atoms with Crippen LogP contribution in [0.3, 0.4) is 0 Å². The Morgan fingerprint density at radius 2 is 2.00 bits per heavy atom. The molecule has 0 aromatic rings. The second-order valence-electron chi connectivity index (χ2n) is 4.19. The van der Waals surface area contributed by atoms with Gasteiger partial charge in [-0.15, -0.1) is 0 Å². The molecule has 1 fully saturated rings. The smallest absolute Gasteiger partial charge is 0.223 e. The lowest BCUT2D eigenvalue weighted by Gasteiger charge is -2.25. The average Bonchev–Trinajstić information content (AvgIpc) is 2.26. The van der Waals surface area contributed by atoms with Crippen molar-refractivity contribution >= 4 is 5.91 Å². The molecule has 15 heavy (non-hydrogen) atoms. The number of amides is 1. The Kier molecular flexibility index (Phi) is 5.01. The molecule has 0 heterocycles. The van der Waals surface area contributed by atoms with Crippen molar-refractivity contribution in [1.82, 2.24) is 5.32 Å². The molecule has 1 saturated carbocycles. The van der Waals surface area contributed by atoms with E-state index in [9.17, 15) is 4.79 Å². The maximum atomic E-state index is 11.6. The number of carbonyl (C=O) groups is 1. The lowest BCUT2D eigenvalue weighted by atomic mass is 9.86. The Bertz CT molecular complexity index is 203. The third kappa shape index (κ3) is 4.15. The van der Waals surface area contributed by atoms with Crippen LogP contribution in [0, 0.1) is 5.92 Å². The zero-order valence-electron chi connectivity index (χ0n) is 8.85. The summed E-state index contributed by atoms with van der Waals surface area (Å²) in [5, 5.41) is 20.3. The van der Waals surface area contributed by atoms with Gasteiger partial charge in [0.15, 0.2) is 0 Å². The number of rotatable bonds is 4. The van der Waals surface area contributed by atoms with Crippen LogP contribution >= 0.6 is 0 Å². The molecule has 1 atom stereocenters. The molecule has 5 nitrogen and oxygen atoms in total. The summed E-state index contributed by atoms with van der Waals surface area (Å²) in [5.41, 5.74) is 5.74. The Labute approximate surface area is 89.7 Å². The van der Waals surface area contributed by atoms with E-state index in [4.69, 9.17) is 15.9 Å². The first-order chi connectivity index (χ1) is 7.13. The molecule has 5 heteroatoms. The van der Waals surface area contributed by atoms with E-state index in [1.807, 2.05) is 0 Å². The SMILES string of the molecule is N[C@H]1CC[C@H](C(=O)NC[C@@H](O)CO)CC1. The summed E-state index contributed by atoms with van der Waals surface area (Å²) in [5.74, 6) is -0.00917. The number of nitrogens with one attached hydrogen (secondary N) is 1. The minimum atomic E-state index is -0.861. The van der Waals surface area contributed by atoms with Gasteiger partial charge in [-0.3, -0.25) is 4.79 Å². The highest BCUT2D eigenvalue weighted by Gasteiger charge is 2.24. The van der Waals surface area contributed by atoms with Gasteiger partial charge in [0, 0.05) is 18.5 Å². The lowest BCUT2D eigenvalue weighted by molar-refractivity contribution is -0.126. The third-order valence-corrected chi connectivity index (χ3v) is 2.87. The van der Waals surface area contributed by atoms with Crippen LogP contribution in [0.1, 0.15) is 25.7 Å². The van der Waals surface area contributed by atoms with Gasteiger partial charge in [-0.25, -0.2) is 0 Å². The van der Waals surface area contributed by atoms with Crippen LogP contribution in [0.25, 0.3) is 0 Å². The largest absolute Gasteiger partial charge is 0.394 e. The fraction of sp³-hybridized carbons (Fsp3) is 0.900. The Hall–Kier alpha value is -0.650. The summed E-state index contributed by atoms with van der Waals surface area (Å²) in [4.78, 5) is 11.6. The minimum Gasteiger partial charge on any atom is -0.394 e. The monoisotopic (exact) mass is 216 g/mol. The molecule has 0 aromatic heterocycles. The molecule has 88 valence electrons. The summed E-state index contributed by atoms with van der Waals surface area (Å²) in [6, 6.07) is 0.233. The number of carbonyl (C=O) groups excluding carboxylic acids is 1. The highest BCUT2D eigenvalue weighted by atomic mass is 16.3. The van der Waals surface area contributed by atoms with E-state index in [0.29, 0.717) is 0 Å². The normalized spacial score (nSPS) is 28.5. The third-order valence-electron chi connectivity index (χ3n) is 2.87. The van der Waals surface area contributed by atoms with Crippen molar-refractivity contribution in [3.05, 3.63) is 0 Å². The van der Waals surface area contributed by atoms with Crippen LogP contribution in [0.4, 0.5) is 0 Å². The second kappa shape index (κ2) is 6.05. The van der Waals surface area contributed by atoms with E-state index >= 15 is 0 Å². The fourth-order valence-corrected chi connectivity index (χ4v) is 1.81. The molecular weight excluding hydrogens is 196 g/mol. The van der Waals surface area contributed by atoms with Crippen LogP contribution in [0.15, 0.2) is 0 Å². The summed E-state index contributed by atoms with van der Waals surface area (Å²) in [6.45, 7) is -0.201. The Balaban J connectivity index is 2.22. The molecule has 5 N–H and O–H groups in total. The van der Waals surface area contributed by atoms with Gasteiger partial charge >= 0.3 is 0 Å². The lowest BCUT2D eigenvalue weighted by Crippen LogP contribution is -2.40. The van der Waals surface area contributed by atoms with Gasteiger partial charge in [-0.05, 0) is 25.7 Å². The molecule has 0 radical (unpaired) electrons. The first-order valence-corrected chi connectivity index (χ1v) is 5.45. The predicted octanol–water partition coefficient (Wildman–Crippen LogP) is -1.03. The first-order valence-electron chi connectivity index (χ1n) is 5.45. The van der Waals surface area contributed by atoms with Crippen molar-refractivity contribution in [1.29, 1.82) is 0 Å². The van der Waals surface area contributed by atoms with Gasteiger partial charge < -0.3 is 21.3 Å². The van der Waals surface area contributed by atoms with Crippen molar-refractivity contribution in [2.24, 2.45) is 11.7 Å². The predicted molar refractivity (Wildman–Crippen MR) is 56.0 cm³/mol. The van der Waals surface area contributed by atoms with E-state index in [1.54, 1.807) is 0 Å². The molecule has 1 aliphatic carbocycles. The number of hydrogen-bond donors (Lipinski definition) is 4. The Morgan fingerprint density at radius 1 is 1.40 bits per heavy atom. The highest BCUT2D eigenvalue weighted by Crippen LogP contribution is 2.22. The number of aliphatic hydroxyl groups is 2. The van der Waals surface area contributed by atoms with E-state index in [2.05, 4.69) is 5.32 Å². The van der Waals surface area contributed by atoms with Crippen LogP contribution in [0.2, 0.25) is 0 Å². The zero-order valence-corrected chi connectivity index (χ0v) is 8.85. The average molecular weight is 216 g/mol. The summed E-state index contributed by atoms with van der Waals surface area (Å²) in [7, 11) is 0. The Morgan fingerprint density at radius 3 is 2.53 bits per heavy atom. The van der Waals surface area contributed by atoms with Gasteiger partial charge in [-0.1, -0.05) is 0 Å². The van der Waals surface area contributed by atoms with Crippen LogP contribution < -0.4 is 11.1 Å². The molecule has 0 bridgehead atoms. The molecule has 0 saturated heterocycles. The van der Waals surface area contributed by atoms with Crippen LogP contribution in [-0.4, -0.2) is 41.4 Å². The molecule has 1 rings (SSSR count). The van der Waals surface area contributed by atoms with Gasteiger partial charge in [0.05, 0.1) is 12.7 Å². The van der Waals surface area contributed by atoms with Gasteiger partial charge in [0.2, 0.25) is 5.91 Å². The van der Waals surface area contributed by atoms with Crippen molar-refractivity contribution in [2.45, 2.75) is 37.8 Å². The van der Waals surface area contributed by atoms with E-state index in [0.717, 1.165) is 25.7 Å². The van der Waals surface area contributed by atoms with E-state index < -0.39 is 6.10 Å². The number of aliphatic hydroxyl groups excluding tert-OH is 2. The van der Waals surface area contributed by atoms with Gasteiger partial charge in [0.1, 0.15) is 0 Å². The van der Waals surface area contributed by atoms with Crippen molar-refractivity contribution < 1.29 is 15.0 Å². The highest BCUT2D eigenvalue weighted by molar-refractivity contribution is 5.78. The van der Waals surface area contributed by atoms with Gasteiger partial charge in [0.25, 0.3) is 0 Å². The summed E-state index contributed by atoms with van der Waals surface area (Å²) in [6.07, 6.45) is 2.56. The first kappa shape index (κ1) is 12.4. The quantitative estimate of drug-likeness (QED) is 0.483. The summed E-state index contributed by atoms with van der Waals surface area (Å²) < 4.78 is 0. The van der Waals surface area contributed by atoms with Crippen LogP contribution in [0.5, 0.6) is 0 Å². The van der Waals surface area contributed by atoms with Crippen molar-refractivity contribution in [3.8, 4) is 0 Å². The number of nitrogens with two attached hydrogens (primary N) is 1. The van der Waals surface area contributed by atoms with Gasteiger partial charge in [-0.2, -0.15) is 0 Å². The topological polar surface area (TPSA) is 95.6 Å².